The molecule has 0 aliphatic carbocycles. The van der Waals surface area contributed by atoms with E-state index in [1.165, 1.54) is 0 Å². The SMILES string of the molecule is COc1ccc(-n2nc(C(C)(C)C)cc2NC(=O)Oc2ccccc2)cc1. The number of anilines is 1. The van der Waals surface area contributed by atoms with E-state index in [0.29, 0.717) is 11.6 Å². The largest absolute Gasteiger partial charge is 0.497 e. The Balaban J connectivity index is 1.90. The van der Waals surface area contributed by atoms with Gasteiger partial charge in [-0.15, -0.1) is 0 Å². The first-order valence-electron chi connectivity index (χ1n) is 8.65. The number of carbonyl (C=O) groups excluding carboxylic acids is 1. The van der Waals surface area contributed by atoms with Crippen LogP contribution in [0.5, 0.6) is 11.5 Å². The summed E-state index contributed by atoms with van der Waals surface area (Å²) in [6.45, 7) is 6.21. The minimum Gasteiger partial charge on any atom is -0.497 e. The zero-order valence-corrected chi connectivity index (χ0v) is 15.9. The topological polar surface area (TPSA) is 65.4 Å². The van der Waals surface area contributed by atoms with Gasteiger partial charge in [0.1, 0.15) is 17.3 Å². The fourth-order valence-electron chi connectivity index (χ4n) is 2.48. The summed E-state index contributed by atoms with van der Waals surface area (Å²) >= 11 is 0. The number of ether oxygens (including phenoxy) is 2. The highest BCUT2D eigenvalue weighted by Crippen LogP contribution is 2.27. The molecule has 140 valence electrons. The van der Waals surface area contributed by atoms with E-state index in [2.05, 4.69) is 31.2 Å². The van der Waals surface area contributed by atoms with Crippen LogP contribution in [-0.2, 0) is 5.41 Å². The predicted molar refractivity (Wildman–Crippen MR) is 105 cm³/mol. The maximum atomic E-state index is 12.3. The Bertz CT molecular complexity index is 910. The summed E-state index contributed by atoms with van der Waals surface area (Å²) in [4.78, 5) is 12.3. The highest BCUT2D eigenvalue weighted by molar-refractivity contribution is 5.85. The second-order valence-corrected chi connectivity index (χ2v) is 7.10. The standard InChI is InChI=1S/C21H23N3O3/c1-21(2,3)18-14-19(22-20(25)27-17-8-6-5-7-9-17)24(23-18)15-10-12-16(26-4)13-11-15/h5-14H,1-4H3,(H,22,25). The third-order valence-corrected chi connectivity index (χ3v) is 3.98. The highest BCUT2D eigenvalue weighted by atomic mass is 16.6. The van der Waals surface area contributed by atoms with E-state index in [-0.39, 0.29) is 5.41 Å². The number of para-hydroxylation sites is 1. The van der Waals surface area contributed by atoms with Crippen molar-refractivity contribution < 1.29 is 14.3 Å². The summed E-state index contributed by atoms with van der Waals surface area (Å²) in [6, 6.07) is 18.2. The van der Waals surface area contributed by atoms with Crippen molar-refractivity contribution in [3.8, 4) is 17.2 Å². The first-order chi connectivity index (χ1) is 12.9. The quantitative estimate of drug-likeness (QED) is 0.722. The fourth-order valence-corrected chi connectivity index (χ4v) is 2.48. The van der Waals surface area contributed by atoms with Crippen LogP contribution in [0.25, 0.3) is 5.69 Å². The van der Waals surface area contributed by atoms with Crippen LogP contribution in [0.2, 0.25) is 0 Å². The van der Waals surface area contributed by atoms with E-state index < -0.39 is 6.09 Å². The van der Waals surface area contributed by atoms with E-state index in [1.807, 2.05) is 48.5 Å². The van der Waals surface area contributed by atoms with E-state index in [4.69, 9.17) is 9.47 Å². The number of benzene rings is 2. The molecule has 0 atom stereocenters. The van der Waals surface area contributed by atoms with Gasteiger partial charge in [-0.1, -0.05) is 39.0 Å². The molecule has 0 aliphatic rings. The zero-order chi connectivity index (χ0) is 19.4. The number of nitrogens with one attached hydrogen (secondary N) is 1. The number of methoxy groups -OCH3 is 1. The summed E-state index contributed by atoms with van der Waals surface area (Å²) < 4.78 is 12.2. The molecular formula is C21H23N3O3. The van der Waals surface area contributed by atoms with Crippen molar-refractivity contribution in [1.82, 2.24) is 9.78 Å². The molecule has 6 nitrogen and oxygen atoms in total. The molecule has 2 aromatic carbocycles. The van der Waals surface area contributed by atoms with E-state index in [9.17, 15) is 4.79 Å². The van der Waals surface area contributed by atoms with Gasteiger partial charge in [-0.05, 0) is 36.4 Å². The number of aromatic nitrogens is 2. The van der Waals surface area contributed by atoms with Gasteiger partial charge in [0.2, 0.25) is 0 Å². The molecule has 1 aromatic heterocycles. The Morgan fingerprint density at radius 3 is 2.26 bits per heavy atom. The Hall–Kier alpha value is -3.28. The second kappa shape index (κ2) is 7.53. The third kappa shape index (κ3) is 4.47. The third-order valence-electron chi connectivity index (χ3n) is 3.98. The lowest BCUT2D eigenvalue weighted by molar-refractivity contribution is 0.215. The minimum absolute atomic E-state index is 0.169. The van der Waals surface area contributed by atoms with Crippen molar-refractivity contribution in [3.05, 3.63) is 66.4 Å². The Morgan fingerprint density at radius 1 is 1.00 bits per heavy atom. The number of nitrogens with zero attached hydrogens (tertiary/aromatic N) is 2. The van der Waals surface area contributed by atoms with Crippen LogP contribution in [0.1, 0.15) is 26.5 Å². The van der Waals surface area contributed by atoms with Gasteiger partial charge in [0.05, 0.1) is 18.5 Å². The molecule has 0 aliphatic heterocycles. The van der Waals surface area contributed by atoms with Gasteiger partial charge >= 0.3 is 6.09 Å². The number of hydrogen-bond acceptors (Lipinski definition) is 4. The molecule has 1 amide bonds. The van der Waals surface area contributed by atoms with Crippen molar-refractivity contribution in [1.29, 1.82) is 0 Å². The Morgan fingerprint density at radius 2 is 1.67 bits per heavy atom. The molecule has 6 heteroatoms. The number of hydrogen-bond donors (Lipinski definition) is 1. The van der Waals surface area contributed by atoms with Gasteiger partial charge in [-0.2, -0.15) is 5.10 Å². The lowest BCUT2D eigenvalue weighted by Gasteiger charge is -2.14. The Kier molecular flexibility index (Phi) is 5.16. The van der Waals surface area contributed by atoms with Crippen molar-refractivity contribution in [2.75, 3.05) is 12.4 Å². The summed E-state index contributed by atoms with van der Waals surface area (Å²) in [7, 11) is 1.62. The van der Waals surface area contributed by atoms with E-state index in [1.54, 1.807) is 23.9 Å². The molecule has 1 N–H and O–H groups in total. The summed E-state index contributed by atoms with van der Waals surface area (Å²) in [5, 5.41) is 7.46. The molecule has 0 saturated heterocycles. The molecule has 27 heavy (non-hydrogen) atoms. The molecule has 0 bridgehead atoms. The van der Waals surface area contributed by atoms with Gasteiger partial charge in [-0.3, -0.25) is 5.32 Å². The maximum absolute atomic E-state index is 12.3. The fraction of sp³-hybridized carbons (Fsp3) is 0.238. The summed E-state index contributed by atoms with van der Waals surface area (Å²) in [5.41, 5.74) is 1.49. The van der Waals surface area contributed by atoms with Crippen LogP contribution in [0.15, 0.2) is 60.7 Å². The van der Waals surface area contributed by atoms with E-state index >= 15 is 0 Å². The smallest absolute Gasteiger partial charge is 0.418 e. The maximum Gasteiger partial charge on any atom is 0.418 e. The molecule has 0 unspecified atom stereocenters. The minimum atomic E-state index is -0.573. The summed E-state index contributed by atoms with van der Waals surface area (Å²) in [5.74, 6) is 1.76. The van der Waals surface area contributed by atoms with Gasteiger partial charge < -0.3 is 9.47 Å². The van der Waals surface area contributed by atoms with Gasteiger partial charge in [0.15, 0.2) is 0 Å². The molecule has 1 heterocycles. The van der Waals surface area contributed by atoms with Gasteiger partial charge in [0, 0.05) is 11.5 Å². The molecule has 0 radical (unpaired) electrons. The normalized spacial score (nSPS) is 11.1. The van der Waals surface area contributed by atoms with Crippen molar-refractivity contribution in [3.63, 3.8) is 0 Å². The average Bonchev–Trinajstić information content (AvgIpc) is 3.06. The van der Waals surface area contributed by atoms with Crippen LogP contribution >= 0.6 is 0 Å². The van der Waals surface area contributed by atoms with Crippen LogP contribution in [0, 0.1) is 0 Å². The van der Waals surface area contributed by atoms with Crippen LogP contribution < -0.4 is 14.8 Å². The molecule has 3 rings (SSSR count). The Labute approximate surface area is 158 Å². The summed E-state index contributed by atoms with van der Waals surface area (Å²) in [6.07, 6.45) is -0.573. The van der Waals surface area contributed by atoms with Gasteiger partial charge in [0.25, 0.3) is 0 Å². The van der Waals surface area contributed by atoms with Crippen molar-refractivity contribution >= 4 is 11.9 Å². The first-order valence-corrected chi connectivity index (χ1v) is 8.65. The van der Waals surface area contributed by atoms with Crippen molar-refractivity contribution in [2.45, 2.75) is 26.2 Å². The second-order valence-electron chi connectivity index (χ2n) is 7.10. The molecular weight excluding hydrogens is 342 g/mol. The predicted octanol–water partition coefficient (Wildman–Crippen LogP) is 4.79. The molecule has 0 spiro atoms. The van der Waals surface area contributed by atoms with Crippen LogP contribution in [0.3, 0.4) is 0 Å². The first kappa shape index (κ1) is 18.5. The van der Waals surface area contributed by atoms with Crippen LogP contribution in [-0.4, -0.2) is 23.0 Å². The molecule has 0 saturated carbocycles. The van der Waals surface area contributed by atoms with Crippen molar-refractivity contribution in [2.24, 2.45) is 0 Å². The zero-order valence-electron chi connectivity index (χ0n) is 15.9. The molecule has 3 aromatic rings. The number of rotatable bonds is 4. The highest BCUT2D eigenvalue weighted by Gasteiger charge is 2.22. The monoisotopic (exact) mass is 365 g/mol. The lowest BCUT2D eigenvalue weighted by Crippen LogP contribution is -2.19. The number of carbonyl (C=O) groups is 1. The van der Waals surface area contributed by atoms with E-state index in [0.717, 1.165) is 17.1 Å². The lowest BCUT2D eigenvalue weighted by atomic mass is 9.92. The van der Waals surface area contributed by atoms with Crippen LogP contribution in [0.4, 0.5) is 10.6 Å². The number of amides is 1. The molecule has 0 fully saturated rings. The average molecular weight is 365 g/mol. The van der Waals surface area contributed by atoms with Gasteiger partial charge in [-0.25, -0.2) is 9.48 Å².